The Hall–Kier alpha value is 0.759. The van der Waals surface area contributed by atoms with Gasteiger partial charge in [0, 0.05) is 0 Å². The molecule has 0 spiro atoms. The van der Waals surface area contributed by atoms with E-state index in [1.807, 2.05) is 0 Å². The first-order valence-corrected chi connectivity index (χ1v) is 11.5. The van der Waals surface area contributed by atoms with Gasteiger partial charge in [0.05, 0.1) is 0 Å². The van der Waals surface area contributed by atoms with Gasteiger partial charge in [-0.1, -0.05) is 0 Å². The molecule has 1 nitrogen and oxygen atoms in total. The maximum absolute atomic E-state index is 6.08. The Balaban J connectivity index is 3.49. The molecular formula is C12H27OSn+. The minimum absolute atomic E-state index is 1.05. The summed E-state index contributed by atoms with van der Waals surface area (Å²) in [5.74, 6) is 0. The van der Waals surface area contributed by atoms with Crippen LogP contribution in [0.5, 0.6) is 0 Å². The third-order valence-electron chi connectivity index (χ3n) is 2.42. The van der Waals surface area contributed by atoms with E-state index >= 15 is 0 Å². The fraction of sp³-hybridized carbons (Fsp3) is 1.00. The number of unbranched alkanes of at least 4 members (excludes halogenated alkanes) is 3. The summed E-state index contributed by atoms with van der Waals surface area (Å²) in [5, 5.41) is 0. The van der Waals surface area contributed by atoms with Crippen LogP contribution in [0, 0.1) is 0 Å². The monoisotopic (exact) mass is 307 g/mol. The molecular weight excluding hydrogens is 279 g/mol. The Kier molecular flexibility index (Phi) is 12.5. The van der Waals surface area contributed by atoms with Gasteiger partial charge in [-0.2, -0.15) is 0 Å². The van der Waals surface area contributed by atoms with E-state index in [0.29, 0.717) is 0 Å². The number of hydrogen-bond donors (Lipinski definition) is 0. The Bertz CT molecular complexity index is 98.5. The molecule has 0 fully saturated rings. The number of hydrogen-bond acceptors (Lipinski definition) is 1. The molecule has 0 aliphatic carbocycles. The van der Waals surface area contributed by atoms with Gasteiger partial charge >= 0.3 is 98.0 Å². The second-order valence-corrected chi connectivity index (χ2v) is 10.7. The van der Waals surface area contributed by atoms with Crippen LogP contribution in [0.15, 0.2) is 0 Å². The molecule has 0 saturated carbocycles. The zero-order chi connectivity index (χ0) is 10.6. The molecule has 0 aliphatic rings. The van der Waals surface area contributed by atoms with E-state index in [2.05, 4.69) is 20.8 Å². The summed E-state index contributed by atoms with van der Waals surface area (Å²) in [7, 11) is 0. The Labute approximate surface area is 97.9 Å². The molecule has 0 aromatic heterocycles. The summed E-state index contributed by atoms with van der Waals surface area (Å²) in [6, 6.07) is 0. The summed E-state index contributed by atoms with van der Waals surface area (Å²) in [6.45, 7) is 7.86. The third kappa shape index (κ3) is 9.32. The molecule has 0 bridgehead atoms. The molecule has 0 radical (unpaired) electrons. The van der Waals surface area contributed by atoms with Crippen LogP contribution in [0.25, 0.3) is 0 Å². The molecule has 14 heavy (non-hydrogen) atoms. The second-order valence-electron chi connectivity index (χ2n) is 3.95. The molecule has 0 N–H and O–H groups in total. The van der Waals surface area contributed by atoms with Crippen molar-refractivity contribution in [2.45, 2.75) is 68.2 Å². The predicted octanol–water partition coefficient (Wildman–Crippen LogP) is 4.39. The van der Waals surface area contributed by atoms with Crippen molar-refractivity contribution >= 4 is 20.2 Å². The summed E-state index contributed by atoms with van der Waals surface area (Å²) >= 11 is -1.36. The molecule has 84 valence electrons. The van der Waals surface area contributed by atoms with Crippen molar-refractivity contribution in [3.63, 3.8) is 0 Å². The molecule has 0 saturated heterocycles. The van der Waals surface area contributed by atoms with Gasteiger partial charge < -0.3 is 0 Å². The van der Waals surface area contributed by atoms with Crippen molar-refractivity contribution in [3.05, 3.63) is 0 Å². The quantitative estimate of drug-likeness (QED) is 0.429. The van der Waals surface area contributed by atoms with Crippen molar-refractivity contribution in [1.82, 2.24) is 0 Å². The van der Waals surface area contributed by atoms with Gasteiger partial charge in [-0.05, 0) is 0 Å². The van der Waals surface area contributed by atoms with Crippen LogP contribution in [0.3, 0.4) is 0 Å². The molecule has 0 rings (SSSR count). The van der Waals surface area contributed by atoms with E-state index < -0.39 is 20.2 Å². The van der Waals surface area contributed by atoms with E-state index in [4.69, 9.17) is 3.07 Å². The van der Waals surface area contributed by atoms with Gasteiger partial charge in [-0.15, -0.1) is 0 Å². The van der Waals surface area contributed by atoms with Gasteiger partial charge in [0.1, 0.15) is 0 Å². The van der Waals surface area contributed by atoms with Gasteiger partial charge in [-0.3, -0.25) is 0 Å². The standard InChI is InChI=1S/C4H9O.2C4H9.Sn/c1-2-3-4-5;2*1-3-4-2;/h2-4H2,1H3;2*1,3-4H2,2H3;/q-1;;;+2. The van der Waals surface area contributed by atoms with Crippen LogP contribution in [0.4, 0.5) is 0 Å². The van der Waals surface area contributed by atoms with Crippen molar-refractivity contribution < 1.29 is 3.07 Å². The van der Waals surface area contributed by atoms with Gasteiger partial charge in [0.15, 0.2) is 0 Å². The summed E-state index contributed by atoms with van der Waals surface area (Å²) in [5.41, 5.74) is 0. The SMILES string of the molecule is CCCC[O][Sn+]([CH2]CCC)[CH2]CCC. The van der Waals surface area contributed by atoms with Gasteiger partial charge in [0.25, 0.3) is 0 Å². The van der Waals surface area contributed by atoms with Crippen LogP contribution >= 0.6 is 0 Å². The van der Waals surface area contributed by atoms with Crippen LogP contribution in [0.2, 0.25) is 8.87 Å². The van der Waals surface area contributed by atoms with Gasteiger partial charge in [0.2, 0.25) is 0 Å². The molecule has 0 heterocycles. The Morgan fingerprint density at radius 2 is 1.29 bits per heavy atom. The van der Waals surface area contributed by atoms with E-state index in [-0.39, 0.29) is 0 Å². The van der Waals surface area contributed by atoms with Crippen molar-refractivity contribution in [1.29, 1.82) is 0 Å². The molecule has 2 heteroatoms. The summed E-state index contributed by atoms with van der Waals surface area (Å²) in [6.07, 6.45) is 8.04. The fourth-order valence-corrected chi connectivity index (χ4v) is 8.42. The van der Waals surface area contributed by atoms with Crippen LogP contribution in [0.1, 0.15) is 59.3 Å². The average Bonchev–Trinajstić information content (AvgIpc) is 2.21. The minimum atomic E-state index is -1.36. The normalized spacial score (nSPS) is 10.5. The third-order valence-corrected chi connectivity index (χ3v) is 9.37. The zero-order valence-electron chi connectivity index (χ0n) is 10.3. The first-order valence-electron chi connectivity index (χ1n) is 6.32. The average molecular weight is 306 g/mol. The Morgan fingerprint density at radius 1 is 0.786 bits per heavy atom. The number of rotatable bonds is 10. The van der Waals surface area contributed by atoms with E-state index in [1.54, 1.807) is 0 Å². The van der Waals surface area contributed by atoms with Crippen LogP contribution in [-0.4, -0.2) is 26.8 Å². The second kappa shape index (κ2) is 11.8. The maximum atomic E-state index is 6.08. The Morgan fingerprint density at radius 3 is 1.71 bits per heavy atom. The van der Waals surface area contributed by atoms with Crippen LogP contribution < -0.4 is 0 Å². The molecule has 0 aromatic carbocycles. The molecule has 0 unspecified atom stereocenters. The fourth-order valence-electron chi connectivity index (χ4n) is 1.38. The first-order chi connectivity index (χ1) is 6.85. The predicted molar refractivity (Wildman–Crippen MR) is 66.0 cm³/mol. The van der Waals surface area contributed by atoms with Gasteiger partial charge in [-0.25, -0.2) is 0 Å². The van der Waals surface area contributed by atoms with E-state index in [1.165, 1.54) is 47.4 Å². The molecule has 0 amide bonds. The summed E-state index contributed by atoms with van der Waals surface area (Å²) < 4.78 is 9.00. The zero-order valence-corrected chi connectivity index (χ0v) is 13.1. The van der Waals surface area contributed by atoms with E-state index in [9.17, 15) is 0 Å². The first kappa shape index (κ1) is 14.8. The van der Waals surface area contributed by atoms with Crippen molar-refractivity contribution in [3.8, 4) is 0 Å². The van der Waals surface area contributed by atoms with Crippen molar-refractivity contribution in [2.24, 2.45) is 0 Å². The van der Waals surface area contributed by atoms with Crippen LogP contribution in [-0.2, 0) is 3.07 Å². The van der Waals surface area contributed by atoms with Crippen molar-refractivity contribution in [2.75, 3.05) is 6.61 Å². The molecule has 0 aliphatic heterocycles. The molecule has 0 aromatic rings. The van der Waals surface area contributed by atoms with E-state index in [0.717, 1.165) is 6.61 Å². The topological polar surface area (TPSA) is 9.23 Å². The molecule has 0 atom stereocenters. The summed E-state index contributed by atoms with van der Waals surface area (Å²) in [4.78, 5) is 0.